The lowest BCUT2D eigenvalue weighted by atomic mass is 9.85. The number of nitrogens with zero attached hydrogens (tertiary/aromatic N) is 5. The van der Waals surface area contributed by atoms with Crippen LogP contribution in [0.2, 0.25) is 0 Å². The second kappa shape index (κ2) is 22.1. The van der Waals surface area contributed by atoms with Gasteiger partial charge in [0.15, 0.2) is 10.8 Å². The molecule has 5 aromatic rings. The smallest absolute Gasteiger partial charge is 0.259 e. The van der Waals surface area contributed by atoms with Crippen LogP contribution in [0.25, 0.3) is 15.3 Å². The normalized spacial score (nSPS) is 17.1. The summed E-state index contributed by atoms with van der Waals surface area (Å²) < 4.78 is 39.4. The van der Waals surface area contributed by atoms with Gasteiger partial charge >= 0.3 is 0 Å². The van der Waals surface area contributed by atoms with E-state index in [1.807, 2.05) is 76.2 Å². The van der Waals surface area contributed by atoms with Gasteiger partial charge in [0.2, 0.25) is 17.7 Å². The van der Waals surface area contributed by atoms with E-state index in [0.29, 0.717) is 36.6 Å². The zero-order valence-corrected chi connectivity index (χ0v) is 42.0. The summed E-state index contributed by atoms with van der Waals surface area (Å²) in [5.41, 5.74) is 4.01. The Morgan fingerprint density at radius 1 is 0.958 bits per heavy atom. The van der Waals surface area contributed by atoms with Crippen LogP contribution >= 0.6 is 23.6 Å². The van der Waals surface area contributed by atoms with E-state index in [4.69, 9.17) is 28.3 Å². The Balaban J connectivity index is 0.841. The van der Waals surface area contributed by atoms with Crippen molar-refractivity contribution in [1.82, 2.24) is 20.5 Å². The van der Waals surface area contributed by atoms with Gasteiger partial charge in [-0.1, -0.05) is 63.2 Å². The average molecular weight is 1010 g/mol. The Morgan fingerprint density at radius 2 is 1.59 bits per heavy atom. The van der Waals surface area contributed by atoms with Crippen molar-refractivity contribution in [2.75, 3.05) is 29.6 Å². The topological polar surface area (TPSA) is 158 Å². The van der Waals surface area contributed by atoms with Gasteiger partial charge in [-0.15, -0.1) is 11.3 Å². The monoisotopic (exact) mass is 1010 g/mol. The summed E-state index contributed by atoms with van der Waals surface area (Å²) in [4.78, 5) is 67.2. The third-order valence-corrected chi connectivity index (χ3v) is 13.8. The molecule has 3 heterocycles. The number of alkyl halides is 2. The number of aliphatic hydroxyl groups excluding tert-OH is 1. The van der Waals surface area contributed by atoms with Crippen LogP contribution in [0.1, 0.15) is 82.7 Å². The fourth-order valence-corrected chi connectivity index (χ4v) is 9.91. The van der Waals surface area contributed by atoms with Crippen LogP contribution in [-0.4, -0.2) is 87.2 Å². The first-order chi connectivity index (χ1) is 33.8. The van der Waals surface area contributed by atoms with Crippen LogP contribution in [0.15, 0.2) is 96.5 Å². The molecule has 4 aromatic carbocycles. The Hall–Kier alpha value is -6.81. The number of amides is 4. The number of thiocarbonyl (C=S) groups is 1. The Kier molecular flexibility index (Phi) is 16.2. The number of aliphatic hydroxyl groups is 1. The van der Waals surface area contributed by atoms with Crippen LogP contribution in [0.3, 0.4) is 0 Å². The molecule has 2 aliphatic heterocycles. The largest absolute Gasteiger partial charge is 0.494 e. The molecule has 372 valence electrons. The first kappa shape index (κ1) is 52.0. The number of likely N-dealkylation sites (tertiary alicyclic amines) is 1. The van der Waals surface area contributed by atoms with Crippen molar-refractivity contribution in [3.8, 4) is 21.9 Å². The molecular weight excluding hydrogens is 949 g/mol. The van der Waals surface area contributed by atoms with Crippen molar-refractivity contribution < 1.29 is 42.5 Å². The van der Waals surface area contributed by atoms with Gasteiger partial charge in [0.25, 0.3) is 12.3 Å². The van der Waals surface area contributed by atoms with Gasteiger partial charge in [0.1, 0.15) is 29.1 Å². The first-order valence-electron chi connectivity index (χ1n) is 23.2. The number of carbonyl (C=O) groups excluding carboxylic acids is 4. The molecule has 2 fully saturated rings. The number of nitrogens with one attached hydrogen (secondary N) is 2. The molecule has 0 saturated carbocycles. The van der Waals surface area contributed by atoms with E-state index in [9.17, 15) is 33.1 Å². The van der Waals surface area contributed by atoms with Crippen LogP contribution in [0, 0.1) is 18.9 Å². The highest BCUT2D eigenvalue weighted by Crippen LogP contribution is 2.40. The van der Waals surface area contributed by atoms with Crippen LogP contribution in [-0.2, 0) is 32.1 Å². The van der Waals surface area contributed by atoms with Crippen molar-refractivity contribution in [1.29, 1.82) is 0 Å². The number of aryl methyl sites for hydroxylation is 1. The zero-order valence-electron chi connectivity index (χ0n) is 40.4. The summed E-state index contributed by atoms with van der Waals surface area (Å²) in [6, 6.07) is 24.5. The minimum absolute atomic E-state index is 0.0166. The quantitative estimate of drug-likeness (QED) is 0.0440. The lowest BCUT2D eigenvalue weighted by molar-refractivity contribution is -0.144. The predicted molar refractivity (Wildman–Crippen MR) is 273 cm³/mol. The Bertz CT molecular complexity index is 2790. The number of ether oxygens (including phenoxy) is 2. The molecule has 0 radical (unpaired) electrons. The fourth-order valence-electron chi connectivity index (χ4n) is 8.58. The molecule has 0 aliphatic carbocycles. The second-order valence-corrected chi connectivity index (χ2v) is 20.3. The average Bonchev–Trinajstić information content (AvgIpc) is 4.01. The van der Waals surface area contributed by atoms with E-state index in [0.717, 1.165) is 33.3 Å². The number of rotatable bonds is 18. The molecule has 14 nitrogen and oxygen atoms in total. The molecule has 2 aliphatic rings. The molecule has 71 heavy (non-hydrogen) atoms. The van der Waals surface area contributed by atoms with E-state index >= 15 is 0 Å². The highest BCUT2D eigenvalue weighted by molar-refractivity contribution is 7.81. The van der Waals surface area contributed by atoms with E-state index in [1.54, 1.807) is 59.9 Å². The third kappa shape index (κ3) is 12.0. The first-order valence-corrected chi connectivity index (χ1v) is 24.5. The highest BCUT2D eigenvalue weighted by atomic mass is 32.1. The number of halogens is 2. The van der Waals surface area contributed by atoms with Crippen molar-refractivity contribution in [2.24, 2.45) is 5.41 Å². The van der Waals surface area contributed by atoms with E-state index in [1.165, 1.54) is 21.9 Å². The van der Waals surface area contributed by atoms with E-state index < -0.39 is 52.9 Å². The number of hydrogen-bond donors (Lipinski definition) is 3. The molecule has 4 amide bonds. The molecule has 0 unspecified atom stereocenters. The standard InChI is InChI=1S/C53H57F2N7O7S2/c1-32-45(71-31-58-32)35-14-10-34(11-15-35)29-57-48(65)43-28-38(63)30-60(43)49(66)46(52(2,3)4)59-44(64)9-8-25-68-39-19-12-33(13-20-39)24-26-69-40-21-16-36(17-22-40)62-51(70)61(50(67)53(62,5)6)37-18-23-42(56-7)41(27-37)47(54)55/h10-23,27,31,38,43,46-47,63H,8-9,24-26,28-30H2,1-6H3,(H,57,65)(H,59,64)/t38-,43+,46-/m1/s1. The third-order valence-electron chi connectivity index (χ3n) is 12.5. The van der Waals surface area contributed by atoms with Crippen molar-refractivity contribution in [3.63, 3.8) is 0 Å². The number of anilines is 2. The lowest BCUT2D eigenvalue weighted by Crippen LogP contribution is -2.57. The van der Waals surface area contributed by atoms with Gasteiger partial charge in [0.05, 0.1) is 42.0 Å². The van der Waals surface area contributed by atoms with Gasteiger partial charge in [-0.25, -0.2) is 18.6 Å². The molecular formula is C53H57F2N7O7S2. The molecule has 2 saturated heterocycles. The van der Waals surface area contributed by atoms with E-state index in [-0.39, 0.29) is 60.8 Å². The summed E-state index contributed by atoms with van der Waals surface area (Å²) >= 11 is 7.28. The van der Waals surface area contributed by atoms with Gasteiger partial charge in [-0.3, -0.25) is 24.1 Å². The molecule has 0 bridgehead atoms. The number of carbonyl (C=O) groups is 4. The summed E-state index contributed by atoms with van der Waals surface area (Å²) in [7, 11) is 0. The number of hydrogen-bond acceptors (Lipinski definition) is 10. The van der Waals surface area contributed by atoms with Crippen LogP contribution in [0.4, 0.5) is 25.8 Å². The van der Waals surface area contributed by atoms with Gasteiger partial charge < -0.3 is 35.0 Å². The van der Waals surface area contributed by atoms with Crippen LogP contribution < -0.4 is 29.9 Å². The SMILES string of the molecule is [C-]#[N+]c1ccc(N2C(=O)C(C)(C)N(c3ccc(OCCc4ccc(OCCCC(=O)N[C@H](C(=O)N5C[C@H](O)C[C@H]5C(=O)NCc5ccc(-c6scnc6C)cc5)C(C)(C)C)cc4)cc3)C2=S)cc1C(F)F. The number of β-amino-alcohol motifs (C(OH)–C–C–N with tert-alkyl or cyclic N) is 1. The summed E-state index contributed by atoms with van der Waals surface area (Å²) in [6.45, 7) is 19.0. The predicted octanol–water partition coefficient (Wildman–Crippen LogP) is 9.11. The second-order valence-electron chi connectivity index (χ2n) is 19.1. The zero-order chi connectivity index (χ0) is 51.2. The maximum Gasteiger partial charge on any atom is 0.259 e. The van der Waals surface area contributed by atoms with Gasteiger partial charge in [-0.2, -0.15) is 0 Å². The van der Waals surface area contributed by atoms with Crippen LogP contribution in [0.5, 0.6) is 11.5 Å². The summed E-state index contributed by atoms with van der Waals surface area (Å²) in [5, 5.41) is 16.5. The van der Waals surface area contributed by atoms with Gasteiger partial charge in [-0.05, 0) is 110 Å². The Morgan fingerprint density at radius 3 is 2.21 bits per heavy atom. The maximum absolute atomic E-state index is 14.0. The van der Waals surface area contributed by atoms with Gasteiger partial charge in [0, 0.05) is 49.3 Å². The molecule has 0 spiro atoms. The molecule has 3 atom stereocenters. The molecule has 1 aromatic heterocycles. The Labute approximate surface area is 421 Å². The minimum atomic E-state index is -2.89. The number of benzene rings is 4. The van der Waals surface area contributed by atoms with Crippen molar-refractivity contribution in [2.45, 2.75) is 104 Å². The minimum Gasteiger partial charge on any atom is -0.494 e. The molecule has 3 N–H and O–H groups in total. The maximum atomic E-state index is 14.0. The van der Waals surface area contributed by atoms with Crippen molar-refractivity contribution >= 4 is 69.4 Å². The molecule has 7 rings (SSSR count). The fraction of sp³-hybridized carbons (Fsp3) is 0.377. The number of thiazole rings is 1. The lowest BCUT2D eigenvalue weighted by Gasteiger charge is -2.35. The summed E-state index contributed by atoms with van der Waals surface area (Å²) in [5.74, 6) is -0.302. The molecule has 18 heteroatoms. The highest BCUT2D eigenvalue weighted by Gasteiger charge is 2.50. The van der Waals surface area contributed by atoms with E-state index in [2.05, 4.69) is 20.5 Å². The summed E-state index contributed by atoms with van der Waals surface area (Å²) in [6.07, 6.45) is -2.59. The van der Waals surface area contributed by atoms with Crippen molar-refractivity contribution in [3.05, 3.63) is 130 Å². The number of aromatic nitrogens is 1.